The van der Waals surface area contributed by atoms with Crippen molar-refractivity contribution < 1.29 is 19.6 Å². The highest BCUT2D eigenvalue weighted by molar-refractivity contribution is 5.73. The Morgan fingerprint density at radius 1 is 1.62 bits per heavy atom. The molecule has 4 N–H and O–H groups in total. The van der Waals surface area contributed by atoms with Crippen LogP contribution in [0.2, 0.25) is 0 Å². The number of carboxylic acids is 1. The summed E-state index contributed by atoms with van der Waals surface area (Å²) in [5, 5.41) is 21.6. The Morgan fingerprint density at radius 2 is 2.19 bits per heavy atom. The Labute approximate surface area is 94.8 Å². The van der Waals surface area contributed by atoms with Gasteiger partial charge in [-0.15, -0.1) is 0 Å². The topological polar surface area (TPSA) is 101 Å². The molecule has 2 rings (SSSR count). The van der Waals surface area contributed by atoms with Crippen LogP contribution in [-0.4, -0.2) is 39.9 Å². The van der Waals surface area contributed by atoms with Crippen LogP contribution in [0.4, 0.5) is 0 Å². The summed E-state index contributed by atoms with van der Waals surface area (Å²) in [5.74, 6) is -0.441. The van der Waals surface area contributed by atoms with Crippen LogP contribution in [0, 0.1) is 0 Å². The van der Waals surface area contributed by atoms with Crippen molar-refractivity contribution >= 4 is 11.9 Å². The first-order chi connectivity index (χ1) is 7.41. The summed E-state index contributed by atoms with van der Waals surface area (Å²) in [5.41, 5.74) is 5.77. The van der Waals surface area contributed by atoms with Gasteiger partial charge in [-0.2, -0.15) is 0 Å². The number of carbonyl (C=O) groups excluding carboxylic acids is 1. The maximum absolute atomic E-state index is 9.57. The van der Waals surface area contributed by atoms with Gasteiger partial charge in [-0.05, 0) is 20.3 Å². The van der Waals surface area contributed by atoms with Crippen molar-refractivity contribution in [2.24, 2.45) is 5.73 Å². The number of aliphatic carboxylic acids is 1. The molecule has 2 aliphatic heterocycles. The van der Waals surface area contributed by atoms with Crippen LogP contribution in [0.25, 0.3) is 0 Å². The van der Waals surface area contributed by atoms with E-state index in [-0.39, 0.29) is 6.23 Å². The first kappa shape index (κ1) is 12.8. The molecule has 1 fully saturated rings. The molecule has 0 radical (unpaired) electrons. The van der Waals surface area contributed by atoms with Crippen LogP contribution in [0.1, 0.15) is 33.1 Å². The number of aliphatic hydroxyl groups excluding tert-OH is 1. The molecule has 0 spiro atoms. The molecule has 2 aliphatic rings. The number of guanidine groups is 1. The Kier molecular flexibility index (Phi) is 4.12. The monoisotopic (exact) mass is 229 g/mol. The lowest BCUT2D eigenvalue weighted by molar-refractivity contribution is -0.623. The average Bonchev–Trinajstić information content (AvgIpc) is 2.46. The van der Waals surface area contributed by atoms with E-state index in [1.165, 1.54) is 0 Å². The van der Waals surface area contributed by atoms with Gasteiger partial charge in [-0.3, -0.25) is 11.1 Å². The zero-order chi connectivity index (χ0) is 12.3. The van der Waals surface area contributed by atoms with Crippen molar-refractivity contribution in [1.29, 1.82) is 0 Å². The summed E-state index contributed by atoms with van der Waals surface area (Å²) < 4.78 is 1.90. The number of aliphatic hydroxyl groups is 1. The molecule has 0 saturated carbocycles. The normalized spacial score (nSPS) is 32.3. The van der Waals surface area contributed by atoms with E-state index in [1.807, 2.05) is 4.58 Å². The molecular formula is C10H19N3O3. The molecule has 1 unspecified atom stereocenters. The van der Waals surface area contributed by atoms with E-state index in [2.05, 4.69) is 12.2 Å². The number of carboxylic acid groups (broad SMARTS) is 1. The van der Waals surface area contributed by atoms with Gasteiger partial charge in [0.05, 0.1) is 12.1 Å². The third-order valence-electron chi connectivity index (χ3n) is 2.77. The van der Waals surface area contributed by atoms with Crippen LogP contribution in [0.3, 0.4) is 0 Å². The molecular weight excluding hydrogens is 210 g/mol. The van der Waals surface area contributed by atoms with E-state index in [0.29, 0.717) is 18.0 Å². The molecule has 6 heteroatoms. The number of carbonyl (C=O) groups is 1. The highest BCUT2D eigenvalue weighted by Gasteiger charge is 2.38. The molecule has 16 heavy (non-hydrogen) atoms. The Morgan fingerprint density at radius 3 is 2.75 bits per heavy atom. The first-order valence-corrected chi connectivity index (χ1v) is 5.44. The van der Waals surface area contributed by atoms with Crippen molar-refractivity contribution in [3.8, 4) is 0 Å². The van der Waals surface area contributed by atoms with Crippen molar-refractivity contribution in [2.75, 3.05) is 0 Å². The van der Waals surface area contributed by atoms with E-state index < -0.39 is 5.97 Å². The van der Waals surface area contributed by atoms with E-state index in [0.717, 1.165) is 26.2 Å². The van der Waals surface area contributed by atoms with Gasteiger partial charge in [0.2, 0.25) is 0 Å². The highest BCUT2D eigenvalue weighted by atomic mass is 16.4. The quantitative estimate of drug-likeness (QED) is 0.414. The third kappa shape index (κ3) is 3.10. The Balaban J connectivity index is 0.000000280. The molecule has 2 heterocycles. The van der Waals surface area contributed by atoms with Crippen molar-refractivity contribution in [3.63, 3.8) is 0 Å². The minimum atomic E-state index is -1.08. The Hall–Kier alpha value is -1.30. The molecule has 0 bridgehead atoms. The first-order valence-electron chi connectivity index (χ1n) is 5.44. The van der Waals surface area contributed by atoms with Gasteiger partial charge in [0.25, 0.3) is 0 Å². The maximum atomic E-state index is 9.57. The average molecular weight is 229 g/mol. The lowest BCUT2D eigenvalue weighted by Crippen LogP contribution is -2.54. The number of hydrogen-bond acceptors (Lipinski definition) is 5. The van der Waals surface area contributed by atoms with Gasteiger partial charge in [0.1, 0.15) is 0 Å². The van der Waals surface area contributed by atoms with Crippen molar-refractivity contribution in [3.05, 3.63) is 0 Å². The van der Waals surface area contributed by atoms with Gasteiger partial charge in [-0.1, -0.05) is 0 Å². The lowest BCUT2D eigenvalue weighted by Gasteiger charge is -2.25. The van der Waals surface area contributed by atoms with Crippen LogP contribution in [0.5, 0.6) is 0 Å². The van der Waals surface area contributed by atoms with Gasteiger partial charge in [0.15, 0.2) is 6.23 Å². The highest BCUT2D eigenvalue weighted by Crippen LogP contribution is 2.23. The fourth-order valence-corrected chi connectivity index (χ4v) is 2.25. The minimum Gasteiger partial charge on any atom is -0.550 e. The molecule has 0 amide bonds. The minimum absolute atomic E-state index is 0.366. The van der Waals surface area contributed by atoms with Gasteiger partial charge in [-0.25, -0.2) is 4.58 Å². The molecule has 0 aliphatic carbocycles. The predicted molar refractivity (Wildman–Crippen MR) is 56.4 cm³/mol. The van der Waals surface area contributed by atoms with Crippen LogP contribution in [-0.2, 0) is 4.79 Å². The molecule has 6 nitrogen and oxygen atoms in total. The predicted octanol–water partition coefficient (Wildman–Crippen LogP) is -2.07. The van der Waals surface area contributed by atoms with E-state index >= 15 is 0 Å². The number of rotatable bonds is 0. The van der Waals surface area contributed by atoms with Gasteiger partial charge in [0, 0.05) is 18.8 Å². The van der Waals surface area contributed by atoms with Crippen molar-refractivity contribution in [1.82, 2.24) is 5.32 Å². The second kappa shape index (κ2) is 5.16. The second-order valence-electron chi connectivity index (χ2n) is 4.28. The summed E-state index contributed by atoms with van der Waals surface area (Å²) in [4.78, 5) is 8.89. The van der Waals surface area contributed by atoms with Crippen molar-refractivity contribution in [2.45, 2.75) is 51.4 Å². The lowest BCUT2D eigenvalue weighted by atomic mass is 10.1. The van der Waals surface area contributed by atoms with Crippen LogP contribution in [0.15, 0.2) is 0 Å². The van der Waals surface area contributed by atoms with E-state index in [9.17, 15) is 5.11 Å². The SMILES string of the molecule is CC(=O)[O-].C[C@H]1C[C@H]2CCC(O)[N+]2=C(N)N1. The number of nitrogens with zero attached hydrogens (tertiary/aromatic N) is 1. The number of fused-ring (bicyclic) bond motifs is 1. The molecule has 0 aromatic rings. The molecule has 3 atom stereocenters. The third-order valence-corrected chi connectivity index (χ3v) is 2.77. The van der Waals surface area contributed by atoms with Crippen LogP contribution < -0.4 is 16.2 Å². The number of nitrogens with one attached hydrogen (secondary N) is 1. The molecule has 92 valence electrons. The standard InChI is InChI=1S/C8H15N3O.C2H4O2/c1-5-4-6-2-3-7(12)11(6)8(9)10-5;1-2(3)4/h5-7,12H,2-4H2,1H3,(H2,9,10);1H3,(H,3,4)/t5-,6+,7?;/m0./s1. The summed E-state index contributed by atoms with van der Waals surface area (Å²) in [6.07, 6.45) is 2.63. The summed E-state index contributed by atoms with van der Waals surface area (Å²) in [7, 11) is 0. The van der Waals surface area contributed by atoms with Gasteiger partial charge < -0.3 is 15.0 Å². The maximum Gasteiger partial charge on any atom is 0.346 e. The summed E-state index contributed by atoms with van der Waals surface area (Å²) >= 11 is 0. The number of hydrogen-bond donors (Lipinski definition) is 3. The number of nitrogens with two attached hydrogens (primary N) is 1. The van der Waals surface area contributed by atoms with E-state index in [4.69, 9.17) is 15.6 Å². The largest absolute Gasteiger partial charge is 0.550 e. The molecule has 0 aromatic heterocycles. The Bertz CT molecular complexity index is 300. The zero-order valence-corrected chi connectivity index (χ0v) is 9.64. The zero-order valence-electron chi connectivity index (χ0n) is 9.64. The summed E-state index contributed by atoms with van der Waals surface area (Å²) in [6.45, 7) is 3.09. The fraction of sp³-hybridized carbons (Fsp3) is 0.800. The molecule has 0 aromatic carbocycles. The van der Waals surface area contributed by atoms with Crippen LogP contribution >= 0.6 is 0 Å². The molecule has 1 saturated heterocycles. The summed E-state index contributed by atoms with van der Waals surface area (Å²) in [6, 6.07) is 0.896. The smallest absolute Gasteiger partial charge is 0.346 e. The van der Waals surface area contributed by atoms with Gasteiger partial charge >= 0.3 is 5.96 Å². The van der Waals surface area contributed by atoms with E-state index in [1.54, 1.807) is 0 Å². The second-order valence-corrected chi connectivity index (χ2v) is 4.28. The fourth-order valence-electron chi connectivity index (χ4n) is 2.25.